The third-order valence-electron chi connectivity index (χ3n) is 7.49. The first-order chi connectivity index (χ1) is 23.0. The first kappa shape index (κ1) is 43.0. The summed E-state index contributed by atoms with van der Waals surface area (Å²) in [6, 6.07) is -9.77. The molecule has 1 fully saturated rings. The number of carboxylic acid groups (broad SMARTS) is 2. The van der Waals surface area contributed by atoms with Gasteiger partial charge in [0.05, 0.1) is 19.3 Å². The van der Waals surface area contributed by atoms with Crippen molar-refractivity contribution >= 4 is 59.1 Å². The van der Waals surface area contributed by atoms with Crippen molar-refractivity contribution in [3.05, 3.63) is 0 Å². The van der Waals surface area contributed by atoms with Crippen LogP contribution < -0.4 is 32.3 Å². The number of hydrogen-bond acceptors (Lipinski definition) is 13. The van der Waals surface area contributed by atoms with Gasteiger partial charge in [0.25, 0.3) is 0 Å². The van der Waals surface area contributed by atoms with Crippen LogP contribution in [-0.2, 0) is 38.4 Å². The van der Waals surface area contributed by atoms with E-state index >= 15 is 0 Å². The van der Waals surface area contributed by atoms with Crippen LogP contribution in [0.3, 0.4) is 0 Å². The van der Waals surface area contributed by atoms with E-state index in [9.17, 15) is 53.7 Å². The number of thioether (sulfide) groups is 1. The van der Waals surface area contributed by atoms with E-state index in [4.69, 9.17) is 15.9 Å². The Balaban J connectivity index is 3.18. The zero-order chi connectivity index (χ0) is 37.4. The number of carboxylic acids is 2. The summed E-state index contributed by atoms with van der Waals surface area (Å²) in [6.45, 7) is 0.846. The average molecular weight is 722 g/mol. The second-order valence-corrected chi connectivity index (χ2v) is 12.3. The molecule has 21 heteroatoms. The molecule has 49 heavy (non-hydrogen) atoms. The lowest BCUT2D eigenvalue weighted by atomic mass is 10.1. The number of hydrogen-bond donors (Lipinski definition) is 11. The molecule has 0 radical (unpaired) electrons. The van der Waals surface area contributed by atoms with E-state index in [-0.39, 0.29) is 19.4 Å². The van der Waals surface area contributed by atoms with Gasteiger partial charge < -0.3 is 62.8 Å². The van der Waals surface area contributed by atoms with Crippen molar-refractivity contribution in [2.75, 3.05) is 31.8 Å². The van der Waals surface area contributed by atoms with Crippen molar-refractivity contribution in [2.45, 2.75) is 94.3 Å². The number of rotatable bonds is 21. The predicted octanol–water partition coefficient (Wildman–Crippen LogP) is -5.18. The number of nitrogens with two attached hydrogens (primary N) is 1. The highest BCUT2D eigenvalue weighted by Gasteiger charge is 2.40. The molecule has 278 valence electrons. The van der Waals surface area contributed by atoms with Gasteiger partial charge in [-0.05, 0) is 51.5 Å². The molecule has 0 unspecified atom stereocenters. The molecule has 1 rings (SSSR count). The van der Waals surface area contributed by atoms with E-state index < -0.39 is 122 Å². The monoisotopic (exact) mass is 721 g/mol. The van der Waals surface area contributed by atoms with E-state index in [1.165, 1.54) is 18.7 Å². The van der Waals surface area contributed by atoms with E-state index in [1.54, 1.807) is 6.26 Å². The van der Waals surface area contributed by atoms with Crippen LogP contribution >= 0.6 is 11.8 Å². The normalized spacial score (nSPS) is 18.4. The van der Waals surface area contributed by atoms with Gasteiger partial charge in [-0.1, -0.05) is 0 Å². The molecule has 1 saturated heterocycles. The predicted molar refractivity (Wildman–Crippen MR) is 171 cm³/mol. The third kappa shape index (κ3) is 13.8. The minimum atomic E-state index is -1.72. The Morgan fingerprint density at radius 1 is 0.816 bits per heavy atom. The fourth-order valence-corrected chi connectivity index (χ4v) is 5.14. The second-order valence-electron chi connectivity index (χ2n) is 11.4. The summed E-state index contributed by atoms with van der Waals surface area (Å²) >= 11 is 1.35. The van der Waals surface area contributed by atoms with Crippen molar-refractivity contribution in [3.63, 3.8) is 0 Å². The van der Waals surface area contributed by atoms with Gasteiger partial charge in [0.1, 0.15) is 42.3 Å². The number of aliphatic carboxylic acids is 2. The molecular weight excluding hydrogens is 674 g/mol. The number of amides is 6. The topological polar surface area (TPSA) is 327 Å². The summed E-state index contributed by atoms with van der Waals surface area (Å²) in [6.07, 6.45) is -0.261. The van der Waals surface area contributed by atoms with Crippen LogP contribution in [0.2, 0.25) is 0 Å². The maximum Gasteiger partial charge on any atom is 0.328 e. The van der Waals surface area contributed by atoms with Crippen molar-refractivity contribution in [1.29, 1.82) is 0 Å². The maximum absolute atomic E-state index is 13.7. The summed E-state index contributed by atoms with van der Waals surface area (Å²) in [5, 5.41) is 58.3. The number of nitrogens with one attached hydrogen (secondary N) is 5. The molecule has 0 saturated carbocycles. The molecule has 0 bridgehead atoms. The number of carbonyl (C=O) groups is 8. The van der Waals surface area contributed by atoms with Gasteiger partial charge in [-0.2, -0.15) is 11.8 Å². The molecule has 0 aliphatic carbocycles. The molecule has 8 atom stereocenters. The zero-order valence-corrected chi connectivity index (χ0v) is 28.2. The summed E-state index contributed by atoms with van der Waals surface area (Å²) in [5.74, 6) is -7.75. The number of aliphatic hydroxyl groups excluding tert-OH is 3. The number of aliphatic hydroxyl groups is 3. The Labute approximate surface area is 286 Å². The molecule has 0 aromatic heterocycles. The second kappa shape index (κ2) is 21.1. The molecule has 20 nitrogen and oxygen atoms in total. The molecule has 0 aromatic rings. The highest BCUT2D eigenvalue weighted by atomic mass is 32.2. The fourth-order valence-electron chi connectivity index (χ4n) is 4.67. The molecule has 1 aliphatic heterocycles. The maximum atomic E-state index is 13.7. The number of carbonyl (C=O) groups excluding carboxylic acids is 6. The largest absolute Gasteiger partial charge is 0.481 e. The van der Waals surface area contributed by atoms with Crippen LogP contribution in [0.1, 0.15) is 46.0 Å². The SMILES string of the molecule is CSCC[C@H](NC(=O)[C@H](C)NC(=O)[C@@H](N)CO)C(=O)N[C@@H](CCC(=O)O)C(=O)N1CCC[C@H]1C(=O)N[C@H](C(=O)N[C@@H](CO)C(=O)O)[C@@H](C)O. The van der Waals surface area contributed by atoms with Crippen LogP contribution in [0.5, 0.6) is 0 Å². The van der Waals surface area contributed by atoms with E-state index in [0.717, 1.165) is 11.8 Å². The minimum absolute atomic E-state index is 0.00727. The quantitative estimate of drug-likeness (QED) is 0.0528. The molecule has 0 aromatic carbocycles. The van der Waals surface area contributed by atoms with Crippen LogP contribution in [0.4, 0.5) is 0 Å². The Bertz CT molecular complexity index is 1210. The molecule has 1 aliphatic rings. The fraction of sp³-hybridized carbons (Fsp3) is 0.714. The van der Waals surface area contributed by atoms with Gasteiger partial charge in [-0.25, -0.2) is 4.79 Å². The van der Waals surface area contributed by atoms with Crippen molar-refractivity contribution in [1.82, 2.24) is 31.5 Å². The van der Waals surface area contributed by atoms with Gasteiger partial charge in [0.2, 0.25) is 35.4 Å². The van der Waals surface area contributed by atoms with E-state index in [1.807, 2.05) is 5.32 Å². The summed E-state index contributed by atoms with van der Waals surface area (Å²) in [4.78, 5) is 102. The Hall–Kier alpha value is -4.05. The third-order valence-corrected chi connectivity index (χ3v) is 8.13. The number of nitrogens with zero attached hydrogens (tertiary/aromatic N) is 1. The molecule has 0 spiro atoms. The lowest BCUT2D eigenvalue weighted by molar-refractivity contribution is -0.145. The standard InChI is InChI=1S/C28H47N7O13S/c1-13(30-23(42)15(29)11-36)22(41)31-16(8-10-49-3)24(43)32-17(6-7-20(39)40)27(46)35-9-4-5-19(35)25(44)34-21(14(2)38)26(45)33-18(12-37)28(47)48/h13-19,21,36-38H,4-12,29H2,1-3H3,(H,30,42)(H,31,41)(H,32,43)(H,33,45)(H,34,44)(H,39,40)(H,47,48)/t13-,14+,15-,16-,17-,18-,19-,21-/m0/s1. The van der Waals surface area contributed by atoms with Gasteiger partial charge in [0, 0.05) is 13.0 Å². The van der Waals surface area contributed by atoms with Gasteiger partial charge in [0.15, 0.2) is 0 Å². The first-order valence-electron chi connectivity index (χ1n) is 15.4. The highest BCUT2D eigenvalue weighted by Crippen LogP contribution is 2.20. The van der Waals surface area contributed by atoms with Crippen LogP contribution in [-0.4, -0.2) is 158 Å². The molecule has 12 N–H and O–H groups in total. The Morgan fingerprint density at radius 2 is 1.43 bits per heavy atom. The summed E-state index contributed by atoms with van der Waals surface area (Å²) in [5.41, 5.74) is 5.46. The van der Waals surface area contributed by atoms with Crippen LogP contribution in [0.15, 0.2) is 0 Å². The van der Waals surface area contributed by atoms with Crippen LogP contribution in [0.25, 0.3) is 0 Å². The minimum Gasteiger partial charge on any atom is -0.481 e. The van der Waals surface area contributed by atoms with Crippen molar-refractivity contribution in [2.24, 2.45) is 5.73 Å². The van der Waals surface area contributed by atoms with Crippen molar-refractivity contribution in [3.8, 4) is 0 Å². The van der Waals surface area contributed by atoms with Crippen LogP contribution in [0, 0.1) is 0 Å². The summed E-state index contributed by atoms with van der Waals surface area (Å²) < 4.78 is 0. The molecule has 6 amide bonds. The average Bonchev–Trinajstić information content (AvgIpc) is 3.54. The van der Waals surface area contributed by atoms with Crippen molar-refractivity contribution < 1.29 is 63.9 Å². The van der Waals surface area contributed by atoms with Gasteiger partial charge >= 0.3 is 11.9 Å². The lowest BCUT2D eigenvalue weighted by Crippen LogP contribution is -2.61. The molecule has 1 heterocycles. The smallest absolute Gasteiger partial charge is 0.328 e. The molecular formula is C28H47N7O13S. The number of likely N-dealkylation sites (tertiary alicyclic amines) is 1. The Kier molecular flexibility index (Phi) is 18.5. The van der Waals surface area contributed by atoms with Gasteiger partial charge in [-0.15, -0.1) is 0 Å². The highest BCUT2D eigenvalue weighted by molar-refractivity contribution is 7.98. The van der Waals surface area contributed by atoms with E-state index in [2.05, 4.69) is 21.3 Å². The Morgan fingerprint density at radius 3 is 1.96 bits per heavy atom. The lowest BCUT2D eigenvalue weighted by Gasteiger charge is -2.31. The first-order valence-corrected chi connectivity index (χ1v) is 16.8. The zero-order valence-electron chi connectivity index (χ0n) is 27.4. The summed E-state index contributed by atoms with van der Waals surface area (Å²) in [7, 11) is 0. The van der Waals surface area contributed by atoms with Gasteiger partial charge in [-0.3, -0.25) is 33.6 Å². The van der Waals surface area contributed by atoms with E-state index in [0.29, 0.717) is 12.2 Å².